The number of hydrogen-bond acceptors (Lipinski definition) is 2. The van der Waals surface area contributed by atoms with Crippen LogP contribution in [-0.4, -0.2) is 22.9 Å². The average molecular weight is 160 g/mol. The maximum absolute atomic E-state index is 9.14. The molecule has 0 aliphatic rings. The summed E-state index contributed by atoms with van der Waals surface area (Å²) >= 11 is 0. The van der Waals surface area contributed by atoms with Gasteiger partial charge in [0.2, 0.25) is 0 Å². The third kappa shape index (κ3) is 5.22. The van der Waals surface area contributed by atoms with E-state index in [1.165, 1.54) is 0 Å². The van der Waals surface area contributed by atoms with E-state index in [-0.39, 0.29) is 6.61 Å². The molecular weight excluding hydrogens is 140 g/mol. The van der Waals surface area contributed by atoms with Crippen molar-refractivity contribution in [2.75, 3.05) is 6.61 Å². The Morgan fingerprint density at radius 3 is 2.27 bits per heavy atom. The van der Waals surface area contributed by atoms with Crippen LogP contribution in [0.1, 0.15) is 39.5 Å². The van der Waals surface area contributed by atoms with Crippen molar-refractivity contribution in [1.29, 1.82) is 0 Å². The van der Waals surface area contributed by atoms with Gasteiger partial charge in [-0.3, -0.25) is 0 Å². The first-order valence-electron chi connectivity index (χ1n) is 4.53. The molecule has 0 aliphatic heterocycles. The van der Waals surface area contributed by atoms with E-state index in [1.54, 1.807) is 0 Å². The minimum Gasteiger partial charge on any atom is -0.394 e. The standard InChI is InChI=1S/C9H20O2/c1-3-5-8(4-2)6-9(11)7-10/h8-11H,3-7H2,1-2H3. The molecule has 2 heteroatoms. The monoisotopic (exact) mass is 160 g/mol. The normalized spacial score (nSPS) is 16.4. The molecule has 2 atom stereocenters. The zero-order valence-corrected chi connectivity index (χ0v) is 7.58. The lowest BCUT2D eigenvalue weighted by molar-refractivity contribution is 0.0720. The number of hydrogen-bond donors (Lipinski definition) is 2. The predicted molar refractivity (Wildman–Crippen MR) is 46.4 cm³/mol. The number of rotatable bonds is 6. The summed E-state index contributed by atoms with van der Waals surface area (Å²) in [6, 6.07) is 0. The van der Waals surface area contributed by atoms with Crippen LogP contribution in [0.4, 0.5) is 0 Å². The second-order valence-corrected chi connectivity index (χ2v) is 3.14. The molecule has 0 spiro atoms. The molecule has 11 heavy (non-hydrogen) atoms. The van der Waals surface area contributed by atoms with E-state index < -0.39 is 6.10 Å². The maximum atomic E-state index is 9.14. The van der Waals surface area contributed by atoms with Gasteiger partial charge in [0.05, 0.1) is 12.7 Å². The van der Waals surface area contributed by atoms with E-state index in [9.17, 15) is 0 Å². The zero-order chi connectivity index (χ0) is 8.69. The summed E-state index contributed by atoms with van der Waals surface area (Å²) in [7, 11) is 0. The Labute approximate surface area is 69.2 Å². The molecule has 0 amide bonds. The molecule has 0 saturated carbocycles. The number of aliphatic hydroxyl groups excluding tert-OH is 2. The van der Waals surface area contributed by atoms with E-state index in [4.69, 9.17) is 10.2 Å². The topological polar surface area (TPSA) is 40.5 Å². The molecule has 0 aromatic heterocycles. The highest BCUT2D eigenvalue weighted by Gasteiger charge is 2.10. The molecule has 0 aromatic carbocycles. The molecule has 0 heterocycles. The molecule has 2 nitrogen and oxygen atoms in total. The summed E-state index contributed by atoms with van der Waals surface area (Å²) in [5.41, 5.74) is 0. The van der Waals surface area contributed by atoms with Gasteiger partial charge in [-0.25, -0.2) is 0 Å². The third-order valence-corrected chi connectivity index (χ3v) is 2.09. The lowest BCUT2D eigenvalue weighted by Crippen LogP contribution is -2.16. The van der Waals surface area contributed by atoms with Crippen molar-refractivity contribution in [2.45, 2.75) is 45.6 Å². The Hall–Kier alpha value is -0.0800. The Balaban J connectivity index is 3.49. The van der Waals surface area contributed by atoms with Gasteiger partial charge >= 0.3 is 0 Å². The highest BCUT2D eigenvalue weighted by molar-refractivity contribution is 4.62. The van der Waals surface area contributed by atoms with Gasteiger partial charge < -0.3 is 10.2 Å². The van der Waals surface area contributed by atoms with Crippen molar-refractivity contribution < 1.29 is 10.2 Å². The molecule has 0 aliphatic carbocycles. The lowest BCUT2D eigenvalue weighted by Gasteiger charge is -2.16. The summed E-state index contributed by atoms with van der Waals surface area (Å²) in [6.07, 6.45) is 3.67. The van der Waals surface area contributed by atoms with Crippen LogP contribution in [-0.2, 0) is 0 Å². The van der Waals surface area contributed by atoms with Crippen molar-refractivity contribution in [3.05, 3.63) is 0 Å². The first-order chi connectivity index (χ1) is 5.24. The van der Waals surface area contributed by atoms with E-state index in [0.717, 1.165) is 25.7 Å². The van der Waals surface area contributed by atoms with Crippen molar-refractivity contribution in [2.24, 2.45) is 5.92 Å². The summed E-state index contributed by atoms with van der Waals surface area (Å²) in [5.74, 6) is 0.585. The van der Waals surface area contributed by atoms with Crippen molar-refractivity contribution in [1.82, 2.24) is 0 Å². The Morgan fingerprint density at radius 2 is 1.91 bits per heavy atom. The summed E-state index contributed by atoms with van der Waals surface area (Å²) < 4.78 is 0. The second-order valence-electron chi connectivity index (χ2n) is 3.14. The van der Waals surface area contributed by atoms with E-state index >= 15 is 0 Å². The van der Waals surface area contributed by atoms with Gasteiger partial charge in [-0.2, -0.15) is 0 Å². The fourth-order valence-corrected chi connectivity index (χ4v) is 1.36. The van der Waals surface area contributed by atoms with Crippen LogP contribution < -0.4 is 0 Å². The van der Waals surface area contributed by atoms with E-state index in [0.29, 0.717) is 5.92 Å². The highest BCUT2D eigenvalue weighted by atomic mass is 16.3. The Morgan fingerprint density at radius 1 is 1.27 bits per heavy atom. The smallest absolute Gasteiger partial charge is 0.0773 e. The molecule has 0 radical (unpaired) electrons. The molecule has 0 aromatic rings. The minimum absolute atomic E-state index is 0.0970. The molecule has 0 bridgehead atoms. The Bertz CT molecular complexity index is 83.6. The molecule has 2 N–H and O–H groups in total. The van der Waals surface area contributed by atoms with Gasteiger partial charge in [0.15, 0.2) is 0 Å². The first-order valence-corrected chi connectivity index (χ1v) is 4.53. The molecule has 0 fully saturated rings. The summed E-state index contributed by atoms with van der Waals surface area (Å²) in [4.78, 5) is 0. The maximum Gasteiger partial charge on any atom is 0.0773 e. The third-order valence-electron chi connectivity index (χ3n) is 2.09. The fraction of sp³-hybridized carbons (Fsp3) is 1.00. The van der Waals surface area contributed by atoms with Gasteiger partial charge in [0.25, 0.3) is 0 Å². The average Bonchev–Trinajstić information content (AvgIpc) is 2.03. The van der Waals surface area contributed by atoms with Gasteiger partial charge in [-0.05, 0) is 12.3 Å². The van der Waals surface area contributed by atoms with Gasteiger partial charge in [0.1, 0.15) is 0 Å². The van der Waals surface area contributed by atoms with Gasteiger partial charge in [-0.1, -0.05) is 33.1 Å². The second kappa shape index (κ2) is 6.62. The number of aliphatic hydroxyl groups is 2. The molecule has 68 valence electrons. The fourth-order valence-electron chi connectivity index (χ4n) is 1.36. The molecule has 0 rings (SSSR count). The van der Waals surface area contributed by atoms with Crippen LogP contribution in [0.5, 0.6) is 0 Å². The predicted octanol–water partition coefficient (Wildman–Crippen LogP) is 1.56. The Kier molecular flexibility index (Phi) is 6.57. The quantitative estimate of drug-likeness (QED) is 0.619. The summed E-state index contributed by atoms with van der Waals surface area (Å²) in [6.45, 7) is 4.18. The van der Waals surface area contributed by atoms with Crippen LogP contribution in [0.3, 0.4) is 0 Å². The lowest BCUT2D eigenvalue weighted by atomic mass is 9.94. The van der Waals surface area contributed by atoms with E-state index in [2.05, 4.69) is 13.8 Å². The van der Waals surface area contributed by atoms with Crippen LogP contribution >= 0.6 is 0 Å². The van der Waals surface area contributed by atoms with Crippen molar-refractivity contribution in [3.8, 4) is 0 Å². The summed E-state index contributed by atoms with van der Waals surface area (Å²) in [5, 5.41) is 17.7. The minimum atomic E-state index is -0.508. The van der Waals surface area contributed by atoms with Gasteiger partial charge in [0, 0.05) is 0 Å². The highest BCUT2D eigenvalue weighted by Crippen LogP contribution is 2.16. The van der Waals surface area contributed by atoms with Gasteiger partial charge in [-0.15, -0.1) is 0 Å². The van der Waals surface area contributed by atoms with Crippen LogP contribution in [0.15, 0.2) is 0 Å². The SMILES string of the molecule is CCCC(CC)CC(O)CO. The van der Waals surface area contributed by atoms with E-state index in [1.807, 2.05) is 0 Å². The van der Waals surface area contributed by atoms with Crippen LogP contribution in [0.25, 0.3) is 0 Å². The molecular formula is C9H20O2. The molecule has 0 saturated heterocycles. The van der Waals surface area contributed by atoms with Crippen molar-refractivity contribution >= 4 is 0 Å². The van der Waals surface area contributed by atoms with Crippen LogP contribution in [0.2, 0.25) is 0 Å². The van der Waals surface area contributed by atoms with Crippen LogP contribution in [0, 0.1) is 5.92 Å². The largest absolute Gasteiger partial charge is 0.394 e. The zero-order valence-electron chi connectivity index (χ0n) is 7.58. The molecule has 2 unspecified atom stereocenters. The first kappa shape index (κ1) is 10.9. The van der Waals surface area contributed by atoms with Crippen molar-refractivity contribution in [3.63, 3.8) is 0 Å².